The van der Waals surface area contributed by atoms with Gasteiger partial charge in [-0.15, -0.1) is 0 Å². The Morgan fingerprint density at radius 3 is 0.838 bits per heavy atom. The van der Waals surface area contributed by atoms with Gasteiger partial charge in [0.2, 0.25) is 0 Å². The minimum atomic E-state index is -0.788. The van der Waals surface area contributed by atoms with E-state index in [0.29, 0.717) is 19.3 Å². The topological polar surface area (TPSA) is 78.9 Å². The molecule has 0 heterocycles. The largest absolute Gasteiger partial charge is 0.462 e. The number of carbonyl (C=O) groups is 3. The van der Waals surface area contributed by atoms with Gasteiger partial charge < -0.3 is 14.2 Å². The van der Waals surface area contributed by atoms with Crippen molar-refractivity contribution in [3.8, 4) is 0 Å². The molecule has 0 aromatic carbocycles. The molecule has 1 atom stereocenters. The highest BCUT2D eigenvalue weighted by molar-refractivity contribution is 5.71. The zero-order valence-electron chi connectivity index (χ0n) is 48.8. The highest BCUT2D eigenvalue weighted by Gasteiger charge is 2.19. The van der Waals surface area contributed by atoms with Crippen molar-refractivity contribution >= 4 is 17.9 Å². The van der Waals surface area contributed by atoms with Crippen LogP contribution in [0.25, 0.3) is 0 Å². The lowest BCUT2D eigenvalue weighted by molar-refractivity contribution is -0.167. The van der Waals surface area contributed by atoms with Gasteiger partial charge in [-0.1, -0.05) is 279 Å². The number of ether oxygens (including phenoxy) is 3. The van der Waals surface area contributed by atoms with Crippen molar-refractivity contribution in [3.05, 3.63) is 85.1 Å². The Hall–Kier alpha value is -3.41. The van der Waals surface area contributed by atoms with E-state index in [9.17, 15) is 14.4 Å². The zero-order chi connectivity index (χ0) is 53.6. The number of allylic oxidation sites excluding steroid dienone is 14. The average Bonchev–Trinajstić information content (AvgIpc) is 3.40. The molecule has 0 aromatic heterocycles. The van der Waals surface area contributed by atoms with E-state index in [1.165, 1.54) is 161 Å². The molecule has 74 heavy (non-hydrogen) atoms. The molecule has 0 aliphatic carbocycles. The number of rotatable bonds is 57. The van der Waals surface area contributed by atoms with Gasteiger partial charge in [0.05, 0.1) is 0 Å². The molecule has 1 unspecified atom stereocenters. The Morgan fingerprint density at radius 2 is 0.527 bits per heavy atom. The molecule has 0 rings (SSSR count). The highest BCUT2D eigenvalue weighted by Crippen LogP contribution is 2.16. The quantitative estimate of drug-likeness (QED) is 0.0261. The van der Waals surface area contributed by atoms with Gasteiger partial charge in [-0.2, -0.15) is 0 Å². The van der Waals surface area contributed by atoms with Crippen molar-refractivity contribution in [1.29, 1.82) is 0 Å². The summed E-state index contributed by atoms with van der Waals surface area (Å²) in [7, 11) is 0. The second kappa shape index (κ2) is 62.1. The van der Waals surface area contributed by atoms with E-state index < -0.39 is 6.10 Å². The summed E-state index contributed by atoms with van der Waals surface area (Å²) in [6, 6.07) is 0. The third-order valence-corrected chi connectivity index (χ3v) is 13.6. The van der Waals surface area contributed by atoms with Gasteiger partial charge in [0.1, 0.15) is 13.2 Å². The number of esters is 3. The molecular formula is C68H118O6. The second-order valence-electron chi connectivity index (χ2n) is 20.9. The fourth-order valence-electron chi connectivity index (χ4n) is 8.91. The maximum absolute atomic E-state index is 12.9. The molecule has 0 saturated carbocycles. The second-order valence-corrected chi connectivity index (χ2v) is 20.9. The van der Waals surface area contributed by atoms with Gasteiger partial charge in [0.15, 0.2) is 6.10 Å². The van der Waals surface area contributed by atoms with E-state index >= 15 is 0 Å². The van der Waals surface area contributed by atoms with E-state index in [0.717, 1.165) is 109 Å². The first-order valence-corrected chi connectivity index (χ1v) is 31.6. The van der Waals surface area contributed by atoms with E-state index in [1.807, 2.05) is 0 Å². The molecule has 0 saturated heterocycles. The lowest BCUT2D eigenvalue weighted by atomic mass is 10.0. The Balaban J connectivity index is 4.22. The number of hydrogen-bond donors (Lipinski definition) is 0. The molecule has 426 valence electrons. The molecule has 0 spiro atoms. The first kappa shape index (κ1) is 70.6. The van der Waals surface area contributed by atoms with Crippen molar-refractivity contribution in [3.63, 3.8) is 0 Å². The van der Waals surface area contributed by atoms with Crippen LogP contribution in [0.1, 0.15) is 310 Å². The lowest BCUT2D eigenvalue weighted by Gasteiger charge is -2.18. The van der Waals surface area contributed by atoms with Crippen molar-refractivity contribution in [2.24, 2.45) is 0 Å². The van der Waals surface area contributed by atoms with Crippen LogP contribution in [0.15, 0.2) is 85.1 Å². The van der Waals surface area contributed by atoms with Gasteiger partial charge >= 0.3 is 17.9 Å². The maximum atomic E-state index is 12.9. The molecule has 6 nitrogen and oxygen atoms in total. The first-order chi connectivity index (χ1) is 36.5. The van der Waals surface area contributed by atoms with Gasteiger partial charge in [0, 0.05) is 19.3 Å². The lowest BCUT2D eigenvalue weighted by Crippen LogP contribution is -2.30. The summed E-state index contributed by atoms with van der Waals surface area (Å²) in [5.74, 6) is -0.905. The zero-order valence-corrected chi connectivity index (χ0v) is 48.8. The summed E-state index contributed by atoms with van der Waals surface area (Å²) >= 11 is 0. The third kappa shape index (κ3) is 59.5. The molecule has 0 fully saturated rings. The molecule has 6 heteroatoms. The summed E-state index contributed by atoms with van der Waals surface area (Å²) in [6.07, 6.45) is 81.8. The fraction of sp³-hybridized carbons (Fsp3) is 0.750. The van der Waals surface area contributed by atoms with Crippen LogP contribution in [0.5, 0.6) is 0 Å². The van der Waals surface area contributed by atoms with Crippen LogP contribution in [-0.4, -0.2) is 37.2 Å². The van der Waals surface area contributed by atoms with E-state index in [4.69, 9.17) is 14.2 Å². The van der Waals surface area contributed by atoms with Gasteiger partial charge in [-0.05, 0) is 96.3 Å². The standard InChI is InChI=1S/C68H118O6/c1-4-7-10-13-16-19-21-23-25-27-29-31-33-34-36-37-39-41-43-45-47-49-52-55-58-61-67(70)73-64-65(63-72-66(69)60-57-54-51-18-15-12-9-6-3)74-68(71)62-59-56-53-50-48-46-44-42-40-38-35-32-30-28-26-24-22-20-17-14-11-8-5-2/h8,11,17,20,24,26-27,29-30,32,38,40,44,46,65H,4-7,9-10,12-16,18-19,21-23,25,28,31,33-37,39,41-43,45,47-64H2,1-3H3/b11-8-,20-17-,26-24-,29-27-,32-30-,40-38-,46-44-. The Morgan fingerprint density at radius 1 is 0.284 bits per heavy atom. The predicted molar refractivity (Wildman–Crippen MR) is 321 cm³/mol. The molecule has 0 N–H and O–H groups in total. The van der Waals surface area contributed by atoms with E-state index in [1.54, 1.807) is 0 Å². The minimum absolute atomic E-state index is 0.0850. The molecule has 0 aliphatic heterocycles. The maximum Gasteiger partial charge on any atom is 0.306 e. The monoisotopic (exact) mass is 1030 g/mol. The molecular weight excluding hydrogens is 913 g/mol. The summed E-state index contributed by atoms with van der Waals surface area (Å²) in [4.78, 5) is 38.1. The van der Waals surface area contributed by atoms with Crippen LogP contribution in [0, 0.1) is 0 Å². The van der Waals surface area contributed by atoms with Crippen LogP contribution < -0.4 is 0 Å². The highest BCUT2D eigenvalue weighted by atomic mass is 16.6. The van der Waals surface area contributed by atoms with Gasteiger partial charge in [-0.25, -0.2) is 0 Å². The molecule has 0 aromatic rings. The minimum Gasteiger partial charge on any atom is -0.462 e. The van der Waals surface area contributed by atoms with Gasteiger partial charge in [-0.3, -0.25) is 14.4 Å². The number of carbonyl (C=O) groups excluding carboxylic acids is 3. The van der Waals surface area contributed by atoms with Crippen LogP contribution in [0.3, 0.4) is 0 Å². The molecule has 0 radical (unpaired) electrons. The van der Waals surface area contributed by atoms with Crippen LogP contribution >= 0.6 is 0 Å². The van der Waals surface area contributed by atoms with Crippen LogP contribution in [-0.2, 0) is 28.6 Å². The SMILES string of the molecule is CC/C=C\C/C=C\C/C=C\C/C=C\C/C=C\C/C=C\CCCCCCC(=O)OC(COC(=O)CCCCCCCCCC)COC(=O)CCCCCCCCCCCCCCC/C=C\CCCCCCCCCC. The smallest absolute Gasteiger partial charge is 0.306 e. The van der Waals surface area contributed by atoms with Crippen molar-refractivity contribution < 1.29 is 28.6 Å². The average molecular weight is 1030 g/mol. The van der Waals surface area contributed by atoms with Crippen LogP contribution in [0.4, 0.5) is 0 Å². The van der Waals surface area contributed by atoms with Crippen LogP contribution in [0.2, 0.25) is 0 Å². The van der Waals surface area contributed by atoms with E-state index in [2.05, 4.69) is 106 Å². The summed E-state index contributed by atoms with van der Waals surface area (Å²) in [5, 5.41) is 0. The Labute approximate surface area is 458 Å². The fourth-order valence-corrected chi connectivity index (χ4v) is 8.91. The Bertz CT molecular complexity index is 1420. The van der Waals surface area contributed by atoms with Crippen molar-refractivity contribution in [1.82, 2.24) is 0 Å². The number of unbranched alkanes of at least 4 members (excludes halogenated alkanes) is 32. The van der Waals surface area contributed by atoms with Gasteiger partial charge in [0.25, 0.3) is 0 Å². The third-order valence-electron chi connectivity index (χ3n) is 13.6. The first-order valence-electron chi connectivity index (χ1n) is 31.6. The van der Waals surface area contributed by atoms with Crippen molar-refractivity contribution in [2.45, 2.75) is 316 Å². The van der Waals surface area contributed by atoms with E-state index in [-0.39, 0.29) is 31.1 Å². The molecule has 0 aliphatic rings. The molecule has 0 bridgehead atoms. The molecule has 0 amide bonds. The predicted octanol–water partition coefficient (Wildman–Crippen LogP) is 21.5. The summed E-state index contributed by atoms with van der Waals surface area (Å²) in [6.45, 7) is 6.50. The normalized spacial score (nSPS) is 12.6. The summed E-state index contributed by atoms with van der Waals surface area (Å²) in [5.41, 5.74) is 0. The summed E-state index contributed by atoms with van der Waals surface area (Å²) < 4.78 is 16.8. The van der Waals surface area contributed by atoms with Crippen molar-refractivity contribution in [2.75, 3.05) is 13.2 Å². The number of hydrogen-bond acceptors (Lipinski definition) is 6. The Kier molecular flexibility index (Phi) is 59.3.